The van der Waals surface area contributed by atoms with E-state index in [0.717, 1.165) is 27.7 Å². The van der Waals surface area contributed by atoms with Gasteiger partial charge in [0.15, 0.2) is 12.4 Å². The van der Waals surface area contributed by atoms with Crippen LogP contribution in [0.1, 0.15) is 15.2 Å². The first-order chi connectivity index (χ1) is 12.0. The quantitative estimate of drug-likeness (QED) is 0.489. The van der Waals surface area contributed by atoms with Crippen LogP contribution < -0.4 is 10.0 Å². The summed E-state index contributed by atoms with van der Waals surface area (Å²) in [7, 11) is 0. The summed E-state index contributed by atoms with van der Waals surface area (Å²) in [5, 5.41) is 15.3. The van der Waals surface area contributed by atoms with Crippen molar-refractivity contribution in [2.45, 2.75) is 0 Å². The van der Waals surface area contributed by atoms with Crippen LogP contribution in [0.2, 0.25) is 0 Å². The van der Waals surface area contributed by atoms with Gasteiger partial charge < -0.3 is 10.5 Å². The highest BCUT2D eigenvalue weighted by atomic mass is 32.2. The minimum absolute atomic E-state index is 0.0718. The predicted molar refractivity (Wildman–Crippen MR) is 94.7 cm³/mol. The van der Waals surface area contributed by atoms with E-state index in [0.29, 0.717) is 9.64 Å². The number of carbonyl (C=O) groups excluding carboxylic acids is 3. The number of thioether (sulfide) groups is 1. The van der Waals surface area contributed by atoms with E-state index in [4.69, 9.17) is 0 Å². The summed E-state index contributed by atoms with van der Waals surface area (Å²) in [5.74, 6) is -0.805. The van der Waals surface area contributed by atoms with Gasteiger partial charge in [-0.05, 0) is 35.4 Å². The van der Waals surface area contributed by atoms with Gasteiger partial charge in [-0.25, -0.2) is 0 Å². The standard InChI is InChI=1S/C16H13N3O4S2/c20-14(11-3-1-6-18(23)10-11)17-5-7-19-15(21)13(25-16(19)22)9-12-4-2-8-24-12/h1-4,6,8-10H,5,7H2,(H,17,20)/b13-9-. The zero-order chi connectivity index (χ0) is 17.8. The first-order valence-electron chi connectivity index (χ1n) is 7.30. The molecule has 3 heterocycles. The van der Waals surface area contributed by atoms with Gasteiger partial charge in [0, 0.05) is 24.0 Å². The van der Waals surface area contributed by atoms with E-state index in [2.05, 4.69) is 5.32 Å². The zero-order valence-corrected chi connectivity index (χ0v) is 14.5. The Hall–Kier alpha value is -2.65. The van der Waals surface area contributed by atoms with E-state index in [1.807, 2.05) is 17.5 Å². The molecule has 0 unspecified atom stereocenters. The molecule has 2 aromatic heterocycles. The molecule has 1 saturated heterocycles. The predicted octanol–water partition coefficient (Wildman–Crippen LogP) is 1.85. The molecule has 1 N–H and O–H groups in total. The lowest BCUT2D eigenvalue weighted by Crippen LogP contribution is -2.38. The highest BCUT2D eigenvalue weighted by Crippen LogP contribution is 2.32. The molecule has 0 spiro atoms. The van der Waals surface area contributed by atoms with Crippen LogP contribution in [-0.4, -0.2) is 35.0 Å². The largest absolute Gasteiger partial charge is 0.619 e. The Bertz CT molecular complexity index is 849. The number of aromatic nitrogens is 1. The van der Waals surface area contributed by atoms with Gasteiger partial charge in [0.25, 0.3) is 17.1 Å². The molecule has 2 aromatic rings. The maximum absolute atomic E-state index is 12.3. The topological polar surface area (TPSA) is 93.4 Å². The van der Waals surface area contributed by atoms with Gasteiger partial charge in [0.1, 0.15) is 5.56 Å². The Morgan fingerprint density at radius 2 is 2.16 bits per heavy atom. The average molecular weight is 375 g/mol. The highest BCUT2D eigenvalue weighted by molar-refractivity contribution is 8.18. The summed E-state index contributed by atoms with van der Waals surface area (Å²) in [6.45, 7) is 0.180. The monoisotopic (exact) mass is 375 g/mol. The van der Waals surface area contributed by atoms with E-state index >= 15 is 0 Å². The molecule has 0 aliphatic carbocycles. The molecule has 1 aliphatic rings. The molecule has 1 fully saturated rings. The molecule has 3 amide bonds. The molecule has 3 rings (SSSR count). The molecule has 0 saturated carbocycles. The van der Waals surface area contributed by atoms with Crippen molar-refractivity contribution in [1.82, 2.24) is 10.2 Å². The fraction of sp³-hybridized carbons (Fsp3) is 0.125. The summed E-state index contributed by atoms with van der Waals surface area (Å²) in [6.07, 6.45) is 4.11. The Kier molecular flexibility index (Phi) is 5.15. The van der Waals surface area contributed by atoms with Crippen molar-refractivity contribution in [3.05, 3.63) is 62.6 Å². The number of carbonyl (C=O) groups is 3. The summed E-state index contributed by atoms with van der Waals surface area (Å²) in [5.41, 5.74) is 0.212. The smallest absolute Gasteiger partial charge is 0.293 e. The van der Waals surface area contributed by atoms with Gasteiger partial charge in [0.05, 0.1) is 4.91 Å². The van der Waals surface area contributed by atoms with Crippen LogP contribution >= 0.6 is 23.1 Å². The molecule has 0 radical (unpaired) electrons. The molecule has 0 atom stereocenters. The minimum atomic E-state index is -0.439. The lowest BCUT2D eigenvalue weighted by molar-refractivity contribution is -0.605. The highest BCUT2D eigenvalue weighted by Gasteiger charge is 2.34. The first kappa shape index (κ1) is 17.2. The SMILES string of the molecule is O=C(NCCN1C(=O)S/C(=C\c2cccs2)C1=O)c1ccc[n+]([O-])c1. The van der Waals surface area contributed by atoms with E-state index in [1.165, 1.54) is 29.7 Å². The molecule has 7 nitrogen and oxygen atoms in total. The summed E-state index contributed by atoms with van der Waals surface area (Å²) >= 11 is 2.36. The Morgan fingerprint density at radius 3 is 2.88 bits per heavy atom. The zero-order valence-electron chi connectivity index (χ0n) is 12.9. The van der Waals surface area contributed by atoms with E-state index in [9.17, 15) is 19.6 Å². The second-order valence-electron chi connectivity index (χ2n) is 5.06. The molecule has 25 heavy (non-hydrogen) atoms. The molecular weight excluding hydrogens is 362 g/mol. The Labute approximate surface area is 151 Å². The minimum Gasteiger partial charge on any atom is -0.619 e. The van der Waals surface area contributed by atoms with Gasteiger partial charge in [0.2, 0.25) is 0 Å². The van der Waals surface area contributed by atoms with Gasteiger partial charge in [-0.15, -0.1) is 11.3 Å². The third-order valence-electron chi connectivity index (χ3n) is 3.35. The van der Waals surface area contributed by atoms with Crippen molar-refractivity contribution >= 4 is 46.2 Å². The summed E-state index contributed by atoms with van der Waals surface area (Å²) in [6, 6.07) is 6.70. The number of rotatable bonds is 5. The number of nitrogens with one attached hydrogen (secondary N) is 1. The van der Waals surface area contributed by atoms with Crippen molar-refractivity contribution in [3.8, 4) is 0 Å². The molecule has 0 bridgehead atoms. The number of hydrogen-bond acceptors (Lipinski definition) is 6. The first-order valence-corrected chi connectivity index (χ1v) is 9.00. The third-order valence-corrected chi connectivity index (χ3v) is 5.08. The van der Waals surface area contributed by atoms with Gasteiger partial charge in [-0.2, -0.15) is 4.73 Å². The van der Waals surface area contributed by atoms with Crippen LogP contribution in [0.25, 0.3) is 6.08 Å². The van der Waals surface area contributed by atoms with E-state index < -0.39 is 5.91 Å². The second-order valence-corrected chi connectivity index (χ2v) is 7.03. The van der Waals surface area contributed by atoms with Crippen molar-refractivity contribution in [2.24, 2.45) is 0 Å². The second kappa shape index (κ2) is 7.49. The number of imide groups is 1. The Balaban J connectivity index is 1.57. The van der Waals surface area contributed by atoms with Gasteiger partial charge >= 0.3 is 0 Å². The number of nitrogens with zero attached hydrogens (tertiary/aromatic N) is 2. The molecule has 1 aliphatic heterocycles. The maximum atomic E-state index is 12.3. The van der Waals surface area contributed by atoms with E-state index in [1.54, 1.807) is 6.08 Å². The lowest BCUT2D eigenvalue weighted by Gasteiger charge is -2.12. The van der Waals surface area contributed by atoms with Crippen molar-refractivity contribution in [1.29, 1.82) is 0 Å². The van der Waals surface area contributed by atoms with Crippen LogP contribution in [0.5, 0.6) is 0 Å². The van der Waals surface area contributed by atoms with Gasteiger partial charge in [-0.1, -0.05) is 6.07 Å². The number of amides is 3. The summed E-state index contributed by atoms with van der Waals surface area (Å²) < 4.78 is 0.528. The maximum Gasteiger partial charge on any atom is 0.293 e. The number of hydrogen-bond donors (Lipinski definition) is 1. The van der Waals surface area contributed by atoms with Crippen LogP contribution in [0.4, 0.5) is 4.79 Å². The fourth-order valence-corrected chi connectivity index (χ4v) is 3.76. The fourth-order valence-electron chi connectivity index (χ4n) is 2.17. The average Bonchev–Trinajstić information content (AvgIpc) is 3.18. The van der Waals surface area contributed by atoms with Crippen LogP contribution in [-0.2, 0) is 4.79 Å². The third kappa shape index (κ3) is 4.06. The lowest BCUT2D eigenvalue weighted by atomic mass is 10.2. The number of pyridine rings is 1. The Morgan fingerprint density at radius 1 is 1.32 bits per heavy atom. The molecule has 9 heteroatoms. The van der Waals surface area contributed by atoms with Crippen LogP contribution in [0.3, 0.4) is 0 Å². The van der Waals surface area contributed by atoms with E-state index in [-0.39, 0.29) is 29.8 Å². The molecular formula is C16H13N3O4S2. The van der Waals surface area contributed by atoms with Crippen LogP contribution in [0, 0.1) is 5.21 Å². The van der Waals surface area contributed by atoms with Crippen LogP contribution in [0.15, 0.2) is 46.9 Å². The number of thiophene rings is 1. The normalized spacial score (nSPS) is 15.8. The van der Waals surface area contributed by atoms with Crippen molar-refractivity contribution in [3.63, 3.8) is 0 Å². The van der Waals surface area contributed by atoms with Crippen molar-refractivity contribution < 1.29 is 19.1 Å². The van der Waals surface area contributed by atoms with Gasteiger partial charge in [-0.3, -0.25) is 19.3 Å². The van der Waals surface area contributed by atoms with Crippen molar-refractivity contribution in [2.75, 3.05) is 13.1 Å². The molecule has 0 aromatic carbocycles. The summed E-state index contributed by atoms with van der Waals surface area (Å²) in [4.78, 5) is 38.6. The molecule has 128 valence electrons.